The highest BCUT2D eigenvalue weighted by molar-refractivity contribution is 7.89. The lowest BCUT2D eigenvalue weighted by atomic mass is 10.1. The molecule has 1 aliphatic carbocycles. The van der Waals surface area contributed by atoms with Crippen LogP contribution in [0.3, 0.4) is 0 Å². The molecule has 106 valence electrons. The number of hydrogen-bond acceptors (Lipinski definition) is 4. The maximum absolute atomic E-state index is 12.2. The van der Waals surface area contributed by atoms with Crippen LogP contribution < -0.4 is 10.5 Å². The molecule has 0 saturated heterocycles. The fourth-order valence-electron chi connectivity index (χ4n) is 2.60. The van der Waals surface area contributed by atoms with Gasteiger partial charge in [0, 0.05) is 19.3 Å². The number of rotatable bonds is 6. The van der Waals surface area contributed by atoms with Gasteiger partial charge >= 0.3 is 0 Å². The highest BCUT2D eigenvalue weighted by Gasteiger charge is 2.20. The van der Waals surface area contributed by atoms with E-state index in [1.54, 1.807) is 18.3 Å². The van der Waals surface area contributed by atoms with Crippen LogP contribution in [0, 0.1) is 5.92 Å². The molecule has 6 heteroatoms. The molecule has 5 nitrogen and oxygen atoms in total. The molecule has 1 aromatic heterocycles. The minimum absolute atomic E-state index is 0.125. The molecule has 1 saturated carbocycles. The van der Waals surface area contributed by atoms with Gasteiger partial charge in [0.05, 0.1) is 5.69 Å². The van der Waals surface area contributed by atoms with Gasteiger partial charge in [-0.1, -0.05) is 25.7 Å². The zero-order valence-corrected chi connectivity index (χ0v) is 11.8. The molecular weight excluding hydrogens is 262 g/mol. The monoisotopic (exact) mass is 283 g/mol. The molecule has 1 heterocycles. The molecule has 0 aliphatic heterocycles. The van der Waals surface area contributed by atoms with Crippen LogP contribution in [-0.4, -0.2) is 19.9 Å². The highest BCUT2D eigenvalue weighted by Crippen LogP contribution is 2.27. The Morgan fingerprint density at radius 3 is 2.79 bits per heavy atom. The highest BCUT2D eigenvalue weighted by atomic mass is 32.2. The summed E-state index contributed by atoms with van der Waals surface area (Å²) >= 11 is 0. The lowest BCUT2D eigenvalue weighted by molar-refractivity contribution is 0.495. The van der Waals surface area contributed by atoms with Crippen molar-refractivity contribution in [3.8, 4) is 0 Å². The minimum Gasteiger partial charge on any atom is -0.325 e. The molecular formula is C13H21N3O2S. The molecule has 0 atom stereocenters. The van der Waals surface area contributed by atoms with E-state index in [0.717, 1.165) is 6.42 Å². The lowest BCUT2D eigenvalue weighted by Crippen LogP contribution is -2.27. The summed E-state index contributed by atoms with van der Waals surface area (Å²) in [4.78, 5) is 4.20. The summed E-state index contributed by atoms with van der Waals surface area (Å²) in [5.41, 5.74) is 5.93. The number of nitrogens with one attached hydrogen (secondary N) is 1. The number of sulfonamides is 1. The van der Waals surface area contributed by atoms with E-state index in [9.17, 15) is 8.42 Å². The largest absolute Gasteiger partial charge is 0.325 e. The van der Waals surface area contributed by atoms with Crippen LogP contribution in [0.4, 0.5) is 0 Å². The number of aromatic nitrogens is 1. The maximum atomic E-state index is 12.2. The second-order valence-electron chi connectivity index (χ2n) is 4.99. The molecule has 0 amide bonds. The molecule has 0 bridgehead atoms. The summed E-state index contributed by atoms with van der Waals surface area (Å²) < 4.78 is 27.0. The zero-order valence-electron chi connectivity index (χ0n) is 11.0. The van der Waals surface area contributed by atoms with Crippen molar-refractivity contribution in [2.24, 2.45) is 11.7 Å². The summed E-state index contributed by atoms with van der Waals surface area (Å²) in [6.07, 6.45) is 7.47. The minimum atomic E-state index is -3.49. The predicted molar refractivity (Wildman–Crippen MR) is 73.9 cm³/mol. The third-order valence-electron chi connectivity index (χ3n) is 3.65. The van der Waals surface area contributed by atoms with Gasteiger partial charge in [-0.25, -0.2) is 13.1 Å². The fraction of sp³-hybridized carbons (Fsp3) is 0.615. The normalized spacial score (nSPS) is 16.9. The smallest absolute Gasteiger partial charge is 0.242 e. The molecule has 19 heavy (non-hydrogen) atoms. The molecule has 1 aromatic rings. The Balaban J connectivity index is 1.97. The average molecular weight is 283 g/mol. The average Bonchev–Trinajstić information content (AvgIpc) is 2.91. The summed E-state index contributed by atoms with van der Waals surface area (Å²) in [6.45, 7) is 0.617. The van der Waals surface area contributed by atoms with Crippen molar-refractivity contribution in [1.82, 2.24) is 9.71 Å². The van der Waals surface area contributed by atoms with E-state index in [1.807, 2.05) is 0 Å². The van der Waals surface area contributed by atoms with Crippen molar-refractivity contribution in [1.29, 1.82) is 0 Å². The second kappa shape index (κ2) is 6.45. The SMILES string of the molecule is NCc1ncccc1S(=O)(=O)NCCC1CCCC1. The topological polar surface area (TPSA) is 85.1 Å². The first-order valence-corrected chi connectivity index (χ1v) is 8.25. The lowest BCUT2D eigenvalue weighted by Gasteiger charge is -2.12. The summed E-state index contributed by atoms with van der Waals surface area (Å²) in [7, 11) is -3.49. The molecule has 2 rings (SSSR count). The van der Waals surface area contributed by atoms with Gasteiger partial charge in [0.25, 0.3) is 0 Å². The van der Waals surface area contributed by atoms with Crippen LogP contribution in [0.2, 0.25) is 0 Å². The van der Waals surface area contributed by atoms with Crippen LogP contribution in [0.25, 0.3) is 0 Å². The van der Waals surface area contributed by atoms with E-state index >= 15 is 0 Å². The second-order valence-corrected chi connectivity index (χ2v) is 6.72. The zero-order chi connectivity index (χ0) is 13.7. The van der Waals surface area contributed by atoms with E-state index in [1.165, 1.54) is 25.7 Å². The van der Waals surface area contributed by atoms with E-state index in [-0.39, 0.29) is 11.4 Å². The predicted octanol–water partition coefficient (Wildman–Crippen LogP) is 1.40. The first-order chi connectivity index (χ1) is 9.13. The van der Waals surface area contributed by atoms with E-state index in [2.05, 4.69) is 9.71 Å². The van der Waals surface area contributed by atoms with E-state index in [0.29, 0.717) is 18.2 Å². The van der Waals surface area contributed by atoms with Gasteiger partial charge in [0.2, 0.25) is 10.0 Å². The third-order valence-corrected chi connectivity index (χ3v) is 5.19. The summed E-state index contributed by atoms with van der Waals surface area (Å²) in [5, 5.41) is 0. The molecule has 3 N–H and O–H groups in total. The molecule has 0 radical (unpaired) electrons. The Morgan fingerprint density at radius 2 is 2.11 bits per heavy atom. The Labute approximate surface area is 114 Å². The molecule has 1 fully saturated rings. The van der Waals surface area contributed by atoms with Crippen LogP contribution in [-0.2, 0) is 16.6 Å². The first-order valence-electron chi connectivity index (χ1n) is 6.77. The number of hydrogen-bond donors (Lipinski definition) is 2. The van der Waals surface area contributed by atoms with E-state index < -0.39 is 10.0 Å². The standard InChI is InChI=1S/C13H21N3O2S/c14-10-12-13(6-3-8-15-12)19(17,18)16-9-7-11-4-1-2-5-11/h3,6,8,11,16H,1-2,4-5,7,9-10,14H2. The quantitative estimate of drug-likeness (QED) is 0.826. The fourth-order valence-corrected chi connectivity index (χ4v) is 3.84. The number of nitrogens with zero attached hydrogens (tertiary/aromatic N) is 1. The molecule has 0 aromatic carbocycles. The Hall–Kier alpha value is -0.980. The van der Waals surface area contributed by atoms with Crippen molar-refractivity contribution in [3.63, 3.8) is 0 Å². The maximum Gasteiger partial charge on any atom is 0.242 e. The number of pyridine rings is 1. The van der Waals surface area contributed by atoms with Crippen molar-refractivity contribution in [3.05, 3.63) is 24.0 Å². The van der Waals surface area contributed by atoms with Crippen molar-refractivity contribution >= 4 is 10.0 Å². The molecule has 1 aliphatic rings. The molecule has 0 spiro atoms. The van der Waals surface area contributed by atoms with Gasteiger partial charge in [-0.15, -0.1) is 0 Å². The van der Waals surface area contributed by atoms with Gasteiger partial charge in [0.1, 0.15) is 4.90 Å². The van der Waals surface area contributed by atoms with Crippen LogP contribution >= 0.6 is 0 Å². The Bertz CT molecular complexity index is 510. The summed E-state index contributed by atoms with van der Waals surface area (Å²) in [5.74, 6) is 0.672. The van der Waals surface area contributed by atoms with Crippen molar-refractivity contribution in [2.75, 3.05) is 6.54 Å². The van der Waals surface area contributed by atoms with Gasteiger partial charge in [-0.2, -0.15) is 0 Å². The van der Waals surface area contributed by atoms with Crippen LogP contribution in [0.1, 0.15) is 37.8 Å². The van der Waals surface area contributed by atoms with Gasteiger partial charge < -0.3 is 5.73 Å². The van der Waals surface area contributed by atoms with Gasteiger partial charge in [0.15, 0.2) is 0 Å². The Kier molecular flexibility index (Phi) is 4.90. The van der Waals surface area contributed by atoms with Gasteiger partial charge in [-0.3, -0.25) is 4.98 Å². The Morgan fingerprint density at radius 1 is 1.37 bits per heavy atom. The molecule has 0 unspecified atom stereocenters. The first kappa shape index (κ1) is 14.4. The third kappa shape index (κ3) is 3.75. The van der Waals surface area contributed by atoms with Crippen molar-refractivity contribution in [2.45, 2.75) is 43.5 Å². The van der Waals surface area contributed by atoms with Crippen LogP contribution in [0.5, 0.6) is 0 Å². The van der Waals surface area contributed by atoms with E-state index in [4.69, 9.17) is 5.73 Å². The number of nitrogens with two attached hydrogens (primary N) is 1. The summed E-state index contributed by atoms with van der Waals surface area (Å²) in [6, 6.07) is 3.16. The van der Waals surface area contributed by atoms with Crippen molar-refractivity contribution < 1.29 is 8.42 Å². The van der Waals surface area contributed by atoms with Crippen LogP contribution in [0.15, 0.2) is 23.2 Å². The van der Waals surface area contributed by atoms with Gasteiger partial charge in [-0.05, 0) is 24.5 Å².